The molecule has 2 rings (SSSR count). The van der Waals surface area contributed by atoms with Gasteiger partial charge in [-0.2, -0.15) is 13.2 Å². The Balaban J connectivity index is 2.43. The van der Waals surface area contributed by atoms with Gasteiger partial charge in [0.25, 0.3) is 0 Å². The van der Waals surface area contributed by atoms with Crippen LogP contribution in [0.25, 0.3) is 5.69 Å². The van der Waals surface area contributed by atoms with Crippen molar-refractivity contribution in [3.8, 4) is 5.69 Å². The van der Waals surface area contributed by atoms with Gasteiger partial charge >= 0.3 is 12.1 Å². The van der Waals surface area contributed by atoms with Gasteiger partial charge in [0.1, 0.15) is 5.69 Å². The van der Waals surface area contributed by atoms with E-state index in [2.05, 4.69) is 10.3 Å². The number of hydrogen-bond donors (Lipinski definition) is 2. The second kappa shape index (κ2) is 5.52. The molecule has 1 heterocycles. The molecule has 0 fully saturated rings. The minimum atomic E-state index is -4.72. The predicted molar refractivity (Wildman–Crippen MR) is 63.6 cm³/mol. The van der Waals surface area contributed by atoms with Crippen molar-refractivity contribution in [1.82, 2.24) is 15.0 Å². The van der Waals surface area contributed by atoms with Gasteiger partial charge < -0.3 is 10.2 Å². The van der Waals surface area contributed by atoms with Gasteiger partial charge in [0.2, 0.25) is 0 Å². The van der Waals surface area contributed by atoms with Gasteiger partial charge in [-0.3, -0.25) is 4.79 Å². The molecule has 21 heavy (non-hydrogen) atoms. The third kappa shape index (κ3) is 3.19. The van der Waals surface area contributed by atoms with E-state index in [1.165, 1.54) is 24.3 Å². The van der Waals surface area contributed by atoms with E-state index >= 15 is 0 Å². The number of aliphatic carboxylic acids is 1. The maximum absolute atomic E-state index is 13.0. The summed E-state index contributed by atoms with van der Waals surface area (Å²) in [5, 5.41) is 24.2. The molecule has 2 N–H and O–H groups in total. The fraction of sp³-hybridized carbons (Fsp3) is 0.250. The molecule has 112 valence electrons. The Labute approximate surface area is 116 Å². The van der Waals surface area contributed by atoms with Gasteiger partial charge in [-0.1, -0.05) is 17.3 Å². The smallest absolute Gasteiger partial charge is 0.435 e. The summed E-state index contributed by atoms with van der Waals surface area (Å²) in [5.74, 6) is -1.04. The fourth-order valence-corrected chi connectivity index (χ4v) is 1.81. The molecule has 6 nitrogen and oxygen atoms in total. The number of benzene rings is 1. The highest BCUT2D eigenvalue weighted by Gasteiger charge is 2.39. The highest BCUT2D eigenvalue weighted by atomic mass is 19.4. The largest absolute Gasteiger partial charge is 0.481 e. The van der Waals surface area contributed by atoms with Crippen LogP contribution in [0.5, 0.6) is 0 Å². The molecule has 0 atom stereocenters. The molecule has 1 aromatic heterocycles. The highest BCUT2D eigenvalue weighted by Crippen LogP contribution is 2.32. The van der Waals surface area contributed by atoms with E-state index in [0.29, 0.717) is 10.2 Å². The lowest BCUT2D eigenvalue weighted by Gasteiger charge is -2.10. The molecule has 0 unspecified atom stereocenters. The number of aliphatic hydroxyl groups excluding tert-OH is 1. The zero-order chi connectivity index (χ0) is 15.6. The van der Waals surface area contributed by atoms with Crippen LogP contribution in [0.15, 0.2) is 24.3 Å². The van der Waals surface area contributed by atoms with Crippen LogP contribution in [-0.2, 0) is 24.0 Å². The molecule has 0 aliphatic rings. The molecule has 0 aliphatic heterocycles. The van der Waals surface area contributed by atoms with Gasteiger partial charge in [0.05, 0.1) is 18.7 Å². The van der Waals surface area contributed by atoms with Crippen LogP contribution in [0.3, 0.4) is 0 Å². The van der Waals surface area contributed by atoms with E-state index in [4.69, 9.17) is 10.2 Å². The van der Waals surface area contributed by atoms with Crippen LogP contribution >= 0.6 is 0 Å². The van der Waals surface area contributed by atoms with E-state index in [1.54, 1.807) is 0 Å². The average Bonchev–Trinajstić information content (AvgIpc) is 2.82. The van der Waals surface area contributed by atoms with E-state index in [1.807, 2.05) is 0 Å². The van der Waals surface area contributed by atoms with Crippen molar-refractivity contribution in [1.29, 1.82) is 0 Å². The Morgan fingerprint density at radius 3 is 2.33 bits per heavy atom. The zero-order valence-corrected chi connectivity index (χ0v) is 10.5. The Hall–Kier alpha value is -2.42. The first kappa shape index (κ1) is 15.0. The number of aliphatic hydroxyl groups is 1. The summed E-state index contributed by atoms with van der Waals surface area (Å²) in [4.78, 5) is 10.5. The third-order valence-electron chi connectivity index (χ3n) is 2.69. The quantitative estimate of drug-likeness (QED) is 0.891. The van der Waals surface area contributed by atoms with Crippen LogP contribution in [0.1, 0.15) is 17.0 Å². The first-order valence-electron chi connectivity index (χ1n) is 5.76. The van der Waals surface area contributed by atoms with Crippen molar-refractivity contribution < 1.29 is 28.2 Å². The second-order valence-electron chi connectivity index (χ2n) is 4.19. The van der Waals surface area contributed by atoms with E-state index < -0.39 is 30.1 Å². The molecule has 9 heteroatoms. The zero-order valence-electron chi connectivity index (χ0n) is 10.5. The highest BCUT2D eigenvalue weighted by molar-refractivity contribution is 5.70. The van der Waals surface area contributed by atoms with Gasteiger partial charge in [0.15, 0.2) is 5.69 Å². The summed E-state index contributed by atoms with van der Waals surface area (Å²) in [7, 11) is 0. The number of aromatic nitrogens is 3. The van der Waals surface area contributed by atoms with Crippen LogP contribution < -0.4 is 0 Å². The molecular weight excluding hydrogens is 291 g/mol. The monoisotopic (exact) mass is 301 g/mol. The van der Waals surface area contributed by atoms with E-state index in [-0.39, 0.29) is 12.1 Å². The minimum Gasteiger partial charge on any atom is -0.481 e. The molecule has 0 radical (unpaired) electrons. The summed E-state index contributed by atoms with van der Waals surface area (Å²) >= 11 is 0. The van der Waals surface area contributed by atoms with Crippen molar-refractivity contribution in [2.45, 2.75) is 19.2 Å². The number of carboxylic acids is 1. The molecule has 2 aromatic rings. The topological polar surface area (TPSA) is 88.2 Å². The number of alkyl halides is 3. The SMILES string of the molecule is O=C(O)Cc1ccc(-n2nnc(CO)c2C(F)(F)F)cc1. The lowest BCUT2D eigenvalue weighted by Crippen LogP contribution is -2.15. The Morgan fingerprint density at radius 1 is 1.24 bits per heavy atom. The van der Waals surface area contributed by atoms with Crippen molar-refractivity contribution in [2.24, 2.45) is 0 Å². The molecule has 0 saturated carbocycles. The Kier molecular flexibility index (Phi) is 3.94. The normalized spacial score (nSPS) is 11.6. The molecule has 0 spiro atoms. The summed E-state index contributed by atoms with van der Waals surface area (Å²) < 4.78 is 39.5. The van der Waals surface area contributed by atoms with Crippen molar-refractivity contribution in [3.05, 3.63) is 41.2 Å². The number of nitrogens with zero attached hydrogens (tertiary/aromatic N) is 3. The molecule has 0 aliphatic carbocycles. The summed E-state index contributed by atoms with van der Waals surface area (Å²) in [6, 6.07) is 5.40. The molecular formula is C12H10F3N3O3. The van der Waals surface area contributed by atoms with Gasteiger partial charge in [-0.25, -0.2) is 4.68 Å². The van der Waals surface area contributed by atoms with Gasteiger partial charge in [-0.15, -0.1) is 5.10 Å². The van der Waals surface area contributed by atoms with E-state index in [9.17, 15) is 18.0 Å². The Morgan fingerprint density at radius 2 is 1.86 bits per heavy atom. The first-order valence-corrected chi connectivity index (χ1v) is 5.76. The molecule has 0 amide bonds. The fourth-order valence-electron chi connectivity index (χ4n) is 1.81. The minimum absolute atomic E-state index is 0.0728. The van der Waals surface area contributed by atoms with Crippen molar-refractivity contribution in [3.63, 3.8) is 0 Å². The average molecular weight is 301 g/mol. The number of rotatable bonds is 4. The predicted octanol–water partition coefficient (Wildman–Crippen LogP) is 1.41. The maximum atomic E-state index is 13.0. The van der Waals surface area contributed by atoms with Crippen LogP contribution in [0.4, 0.5) is 13.2 Å². The van der Waals surface area contributed by atoms with Crippen LogP contribution in [0, 0.1) is 0 Å². The third-order valence-corrected chi connectivity index (χ3v) is 2.69. The number of halogens is 3. The summed E-state index contributed by atoms with van der Waals surface area (Å²) in [5.41, 5.74) is -1.21. The van der Waals surface area contributed by atoms with Gasteiger partial charge in [0, 0.05) is 0 Å². The lowest BCUT2D eigenvalue weighted by molar-refractivity contribution is -0.144. The number of hydrogen-bond acceptors (Lipinski definition) is 4. The number of carboxylic acid groups (broad SMARTS) is 1. The second-order valence-corrected chi connectivity index (χ2v) is 4.19. The standard InChI is InChI=1S/C12H10F3N3O3/c13-12(14,15)11-9(6-19)16-17-18(11)8-3-1-7(2-4-8)5-10(20)21/h1-4,19H,5-6H2,(H,20,21). The molecule has 0 bridgehead atoms. The van der Waals surface area contributed by atoms with Gasteiger partial charge in [-0.05, 0) is 17.7 Å². The number of carbonyl (C=O) groups is 1. The summed E-state index contributed by atoms with van der Waals surface area (Å²) in [6.07, 6.45) is -4.95. The van der Waals surface area contributed by atoms with Crippen LogP contribution in [0.2, 0.25) is 0 Å². The van der Waals surface area contributed by atoms with E-state index in [0.717, 1.165) is 0 Å². The Bertz CT molecular complexity index is 650. The summed E-state index contributed by atoms with van der Waals surface area (Å²) in [6.45, 7) is -0.883. The molecule has 1 aromatic carbocycles. The van der Waals surface area contributed by atoms with Crippen molar-refractivity contribution >= 4 is 5.97 Å². The molecule has 0 saturated heterocycles. The lowest BCUT2D eigenvalue weighted by atomic mass is 10.1. The van der Waals surface area contributed by atoms with Crippen LogP contribution in [-0.4, -0.2) is 31.2 Å². The van der Waals surface area contributed by atoms with Crippen molar-refractivity contribution in [2.75, 3.05) is 0 Å². The maximum Gasteiger partial charge on any atom is 0.435 e. The first-order chi connectivity index (χ1) is 9.82.